The first-order valence-electron chi connectivity index (χ1n) is 8.00. The Morgan fingerprint density at radius 3 is 3.10 bits per heavy atom. The van der Waals surface area contributed by atoms with Gasteiger partial charge in [0.1, 0.15) is 0 Å². The van der Waals surface area contributed by atoms with E-state index in [1.165, 1.54) is 56.8 Å². The zero-order chi connectivity index (χ0) is 13.8. The standard InChI is InChI=1S/C16H26N4/c1-2-17-14-6-7-18-15(11-14)12-19-8-4-10-20-9-3-5-16(20)13-19/h6-7,11,16H,2-5,8-10,12-13H2,1H3,(H,17,18). The third kappa shape index (κ3) is 3.30. The zero-order valence-electron chi connectivity index (χ0n) is 12.5. The van der Waals surface area contributed by atoms with Crippen molar-refractivity contribution in [1.29, 1.82) is 0 Å². The van der Waals surface area contributed by atoms with Crippen LogP contribution in [0.3, 0.4) is 0 Å². The number of aromatic nitrogens is 1. The molecule has 0 saturated carbocycles. The van der Waals surface area contributed by atoms with E-state index < -0.39 is 0 Å². The van der Waals surface area contributed by atoms with E-state index in [-0.39, 0.29) is 0 Å². The van der Waals surface area contributed by atoms with Crippen LogP contribution in [0.1, 0.15) is 31.9 Å². The first-order chi connectivity index (χ1) is 9.85. The summed E-state index contributed by atoms with van der Waals surface area (Å²) in [5, 5.41) is 3.37. The van der Waals surface area contributed by atoms with Crippen LogP contribution in [0.4, 0.5) is 5.69 Å². The van der Waals surface area contributed by atoms with Crippen molar-refractivity contribution in [3.05, 3.63) is 24.0 Å². The quantitative estimate of drug-likeness (QED) is 0.912. The van der Waals surface area contributed by atoms with Crippen molar-refractivity contribution in [2.75, 3.05) is 38.0 Å². The van der Waals surface area contributed by atoms with Gasteiger partial charge in [0.15, 0.2) is 0 Å². The molecule has 3 heterocycles. The molecular weight excluding hydrogens is 248 g/mol. The van der Waals surface area contributed by atoms with Gasteiger partial charge >= 0.3 is 0 Å². The fourth-order valence-corrected chi connectivity index (χ4v) is 3.53. The van der Waals surface area contributed by atoms with E-state index >= 15 is 0 Å². The van der Waals surface area contributed by atoms with Crippen LogP contribution in [-0.2, 0) is 6.54 Å². The molecular formula is C16H26N4. The molecule has 20 heavy (non-hydrogen) atoms. The molecule has 0 amide bonds. The molecule has 1 aromatic rings. The Kier molecular flexibility index (Phi) is 4.53. The predicted octanol–water partition coefficient (Wildman–Crippen LogP) is 2.18. The van der Waals surface area contributed by atoms with E-state index in [9.17, 15) is 0 Å². The average Bonchev–Trinajstić information content (AvgIpc) is 2.79. The van der Waals surface area contributed by atoms with E-state index in [0.717, 1.165) is 19.1 Å². The Labute approximate surface area is 122 Å². The number of nitrogens with one attached hydrogen (secondary N) is 1. The van der Waals surface area contributed by atoms with Gasteiger partial charge in [0.05, 0.1) is 5.69 Å². The molecule has 2 aliphatic heterocycles. The van der Waals surface area contributed by atoms with Gasteiger partial charge in [0, 0.05) is 37.6 Å². The van der Waals surface area contributed by atoms with Crippen molar-refractivity contribution in [3.63, 3.8) is 0 Å². The molecule has 0 aliphatic carbocycles. The second-order valence-electron chi connectivity index (χ2n) is 5.99. The molecule has 0 aromatic carbocycles. The number of hydrogen-bond acceptors (Lipinski definition) is 4. The molecule has 0 spiro atoms. The Hall–Kier alpha value is -1.13. The van der Waals surface area contributed by atoms with Crippen molar-refractivity contribution in [1.82, 2.24) is 14.8 Å². The van der Waals surface area contributed by atoms with Gasteiger partial charge in [0.2, 0.25) is 0 Å². The van der Waals surface area contributed by atoms with Gasteiger partial charge in [-0.2, -0.15) is 0 Å². The van der Waals surface area contributed by atoms with Crippen LogP contribution in [0.25, 0.3) is 0 Å². The van der Waals surface area contributed by atoms with Gasteiger partial charge in [-0.15, -0.1) is 0 Å². The molecule has 110 valence electrons. The Morgan fingerprint density at radius 2 is 2.20 bits per heavy atom. The Balaban J connectivity index is 1.63. The molecule has 1 unspecified atom stereocenters. The minimum Gasteiger partial charge on any atom is -0.385 e. The largest absolute Gasteiger partial charge is 0.385 e. The molecule has 1 N–H and O–H groups in total. The smallest absolute Gasteiger partial charge is 0.0564 e. The first kappa shape index (κ1) is 13.8. The van der Waals surface area contributed by atoms with Gasteiger partial charge < -0.3 is 5.32 Å². The van der Waals surface area contributed by atoms with Crippen molar-refractivity contribution in [2.24, 2.45) is 0 Å². The maximum Gasteiger partial charge on any atom is 0.0564 e. The van der Waals surface area contributed by atoms with E-state index in [1.807, 2.05) is 12.3 Å². The highest BCUT2D eigenvalue weighted by atomic mass is 15.3. The van der Waals surface area contributed by atoms with Crippen LogP contribution in [0.5, 0.6) is 0 Å². The number of rotatable bonds is 4. The third-order valence-corrected chi connectivity index (χ3v) is 4.47. The van der Waals surface area contributed by atoms with Gasteiger partial charge in [-0.3, -0.25) is 14.8 Å². The summed E-state index contributed by atoms with van der Waals surface area (Å²) >= 11 is 0. The van der Waals surface area contributed by atoms with E-state index in [4.69, 9.17) is 0 Å². The maximum atomic E-state index is 4.54. The van der Waals surface area contributed by atoms with Gasteiger partial charge in [-0.05, 0) is 58.0 Å². The number of anilines is 1. The highest BCUT2D eigenvalue weighted by Crippen LogP contribution is 2.22. The summed E-state index contributed by atoms with van der Waals surface area (Å²) in [6, 6.07) is 5.03. The molecule has 3 rings (SSSR count). The molecule has 4 nitrogen and oxygen atoms in total. The summed E-state index contributed by atoms with van der Waals surface area (Å²) in [5.74, 6) is 0. The second kappa shape index (κ2) is 6.55. The molecule has 0 bridgehead atoms. The SMILES string of the molecule is CCNc1ccnc(CN2CCCN3CCCC3C2)c1. The fraction of sp³-hybridized carbons (Fsp3) is 0.688. The highest BCUT2D eigenvalue weighted by molar-refractivity contribution is 5.42. The van der Waals surface area contributed by atoms with Crippen LogP contribution in [0, 0.1) is 0 Å². The van der Waals surface area contributed by atoms with E-state index in [2.05, 4.69) is 33.1 Å². The van der Waals surface area contributed by atoms with E-state index in [1.54, 1.807) is 0 Å². The number of pyridine rings is 1. The van der Waals surface area contributed by atoms with Crippen molar-refractivity contribution < 1.29 is 0 Å². The van der Waals surface area contributed by atoms with Gasteiger partial charge in [0.25, 0.3) is 0 Å². The molecule has 1 aromatic heterocycles. The van der Waals surface area contributed by atoms with Crippen molar-refractivity contribution >= 4 is 5.69 Å². The van der Waals surface area contributed by atoms with Crippen molar-refractivity contribution in [2.45, 2.75) is 38.8 Å². The summed E-state index contributed by atoms with van der Waals surface area (Å²) in [4.78, 5) is 9.81. The molecule has 1 atom stereocenters. The number of fused-ring (bicyclic) bond motifs is 1. The minimum atomic E-state index is 0.787. The van der Waals surface area contributed by atoms with E-state index in [0.29, 0.717) is 0 Å². The van der Waals surface area contributed by atoms with Crippen LogP contribution >= 0.6 is 0 Å². The lowest BCUT2D eigenvalue weighted by Gasteiger charge is -2.25. The fourth-order valence-electron chi connectivity index (χ4n) is 3.53. The van der Waals surface area contributed by atoms with Gasteiger partial charge in [-0.1, -0.05) is 0 Å². The summed E-state index contributed by atoms with van der Waals surface area (Å²) in [7, 11) is 0. The lowest BCUT2D eigenvalue weighted by Crippen LogP contribution is -2.36. The van der Waals surface area contributed by atoms with Gasteiger partial charge in [-0.25, -0.2) is 0 Å². The van der Waals surface area contributed by atoms with Crippen LogP contribution in [0.2, 0.25) is 0 Å². The topological polar surface area (TPSA) is 31.4 Å². The monoisotopic (exact) mass is 274 g/mol. The lowest BCUT2D eigenvalue weighted by molar-refractivity contribution is 0.214. The molecule has 2 fully saturated rings. The highest BCUT2D eigenvalue weighted by Gasteiger charge is 2.28. The Morgan fingerprint density at radius 1 is 1.30 bits per heavy atom. The first-order valence-corrected chi connectivity index (χ1v) is 8.00. The number of nitrogens with zero attached hydrogens (tertiary/aromatic N) is 3. The Bertz CT molecular complexity index is 434. The molecule has 2 aliphatic rings. The van der Waals surface area contributed by atoms with Crippen LogP contribution < -0.4 is 5.32 Å². The average molecular weight is 274 g/mol. The summed E-state index contributed by atoms with van der Waals surface area (Å²) < 4.78 is 0. The number of hydrogen-bond donors (Lipinski definition) is 1. The van der Waals surface area contributed by atoms with Crippen LogP contribution in [-0.4, -0.2) is 53.5 Å². The zero-order valence-corrected chi connectivity index (χ0v) is 12.5. The minimum absolute atomic E-state index is 0.787. The van der Waals surface area contributed by atoms with Crippen molar-refractivity contribution in [3.8, 4) is 0 Å². The summed E-state index contributed by atoms with van der Waals surface area (Å²) in [5.41, 5.74) is 2.38. The molecule has 4 heteroatoms. The normalized spacial score (nSPS) is 24.4. The maximum absolute atomic E-state index is 4.54. The third-order valence-electron chi connectivity index (χ3n) is 4.47. The summed E-state index contributed by atoms with van der Waals surface area (Å²) in [6.45, 7) is 9.10. The second-order valence-corrected chi connectivity index (χ2v) is 5.99. The predicted molar refractivity (Wildman–Crippen MR) is 82.9 cm³/mol. The summed E-state index contributed by atoms with van der Waals surface area (Å²) in [6.07, 6.45) is 5.98. The molecule has 2 saturated heterocycles. The van der Waals surface area contributed by atoms with Crippen LogP contribution in [0.15, 0.2) is 18.3 Å². The lowest BCUT2D eigenvalue weighted by atomic mass is 10.2. The molecule has 0 radical (unpaired) electrons.